The first kappa shape index (κ1) is 22.5. The third kappa shape index (κ3) is 6.39. The van der Waals surface area contributed by atoms with Gasteiger partial charge < -0.3 is 14.8 Å². The van der Waals surface area contributed by atoms with Crippen molar-refractivity contribution >= 4 is 21.6 Å². The number of amides is 1. The number of hydrogen-bond acceptors (Lipinski definition) is 5. The van der Waals surface area contributed by atoms with E-state index in [1.807, 2.05) is 26.0 Å². The Morgan fingerprint density at radius 1 is 1.07 bits per heavy atom. The number of ether oxygens (including phenoxy) is 2. The first-order valence-electron chi connectivity index (χ1n) is 9.24. The van der Waals surface area contributed by atoms with Crippen LogP contribution < -0.4 is 19.1 Å². The van der Waals surface area contributed by atoms with Crippen LogP contribution in [0.25, 0.3) is 0 Å². The number of nitrogens with zero attached hydrogens (tertiary/aromatic N) is 1. The fraction of sp³-hybridized carbons (Fsp3) is 0.381. The lowest BCUT2D eigenvalue weighted by molar-refractivity contribution is -0.121. The molecule has 0 fully saturated rings. The smallest absolute Gasteiger partial charge is 0.243 e. The fourth-order valence-electron chi connectivity index (χ4n) is 3.04. The van der Waals surface area contributed by atoms with Crippen molar-refractivity contribution in [1.82, 2.24) is 5.32 Å². The number of anilines is 1. The summed E-state index contributed by atoms with van der Waals surface area (Å²) in [6.45, 7) is 6.06. The van der Waals surface area contributed by atoms with E-state index >= 15 is 0 Å². The lowest BCUT2D eigenvalue weighted by atomic mass is 10.1. The Morgan fingerprint density at radius 2 is 1.66 bits per heavy atom. The van der Waals surface area contributed by atoms with Crippen molar-refractivity contribution in [3.05, 3.63) is 53.6 Å². The Labute approximate surface area is 172 Å². The van der Waals surface area contributed by atoms with E-state index in [2.05, 4.69) is 11.4 Å². The maximum atomic E-state index is 12.5. The van der Waals surface area contributed by atoms with E-state index in [-0.39, 0.29) is 13.2 Å². The summed E-state index contributed by atoms with van der Waals surface area (Å²) in [6, 6.07) is 11.5. The molecule has 29 heavy (non-hydrogen) atoms. The summed E-state index contributed by atoms with van der Waals surface area (Å²) in [5.74, 6) is 0.930. The van der Waals surface area contributed by atoms with Crippen LogP contribution in [0.5, 0.6) is 11.5 Å². The molecule has 0 saturated heterocycles. The minimum absolute atomic E-state index is 0.260. The zero-order chi connectivity index (χ0) is 21.6. The van der Waals surface area contributed by atoms with Gasteiger partial charge in [-0.05, 0) is 68.3 Å². The van der Waals surface area contributed by atoms with Gasteiger partial charge >= 0.3 is 0 Å². The van der Waals surface area contributed by atoms with Crippen LogP contribution in [0.1, 0.15) is 18.1 Å². The molecule has 0 aliphatic rings. The Bertz CT molecular complexity index is 922. The molecular formula is C21H28N2O5S. The molecule has 1 amide bonds. The molecule has 0 radical (unpaired) electrons. The Hall–Kier alpha value is -2.74. The van der Waals surface area contributed by atoms with Gasteiger partial charge in [0.1, 0.15) is 24.1 Å². The second-order valence-electron chi connectivity index (χ2n) is 6.90. The van der Waals surface area contributed by atoms with Crippen molar-refractivity contribution < 1.29 is 22.7 Å². The minimum atomic E-state index is -3.66. The van der Waals surface area contributed by atoms with Gasteiger partial charge in [0.15, 0.2) is 0 Å². The van der Waals surface area contributed by atoms with Crippen molar-refractivity contribution in [3.8, 4) is 11.5 Å². The molecule has 7 nitrogen and oxygen atoms in total. The topological polar surface area (TPSA) is 84.9 Å². The highest BCUT2D eigenvalue weighted by molar-refractivity contribution is 7.92. The second kappa shape index (κ2) is 9.65. The van der Waals surface area contributed by atoms with Gasteiger partial charge in [0, 0.05) is 0 Å². The van der Waals surface area contributed by atoms with Crippen molar-refractivity contribution in [3.63, 3.8) is 0 Å². The highest BCUT2D eigenvalue weighted by Crippen LogP contribution is 2.23. The maximum absolute atomic E-state index is 12.5. The van der Waals surface area contributed by atoms with E-state index in [0.717, 1.165) is 27.4 Å². The van der Waals surface area contributed by atoms with Crippen LogP contribution in [0.4, 0.5) is 5.69 Å². The quantitative estimate of drug-likeness (QED) is 0.631. The average molecular weight is 421 g/mol. The molecule has 0 aromatic heterocycles. The number of rotatable bonds is 9. The SMILES string of the molecule is COc1ccc(N([C@@H](C)C(=O)NCCOc2cc(C)cc(C)c2)S(C)(=O)=O)cc1. The third-order valence-electron chi connectivity index (χ3n) is 4.28. The summed E-state index contributed by atoms with van der Waals surface area (Å²) in [7, 11) is -2.14. The summed E-state index contributed by atoms with van der Waals surface area (Å²) in [4.78, 5) is 12.5. The summed E-state index contributed by atoms with van der Waals surface area (Å²) in [5.41, 5.74) is 2.59. The van der Waals surface area contributed by atoms with Crippen LogP contribution in [0.2, 0.25) is 0 Å². The van der Waals surface area contributed by atoms with Gasteiger partial charge in [-0.1, -0.05) is 6.07 Å². The fourth-order valence-corrected chi connectivity index (χ4v) is 4.22. The van der Waals surface area contributed by atoms with Crippen molar-refractivity contribution in [2.45, 2.75) is 26.8 Å². The predicted molar refractivity (Wildman–Crippen MR) is 114 cm³/mol. The zero-order valence-electron chi connectivity index (χ0n) is 17.4. The largest absolute Gasteiger partial charge is 0.497 e. The highest BCUT2D eigenvalue weighted by atomic mass is 32.2. The Kier molecular flexibility index (Phi) is 7.50. The molecular weight excluding hydrogens is 392 g/mol. The predicted octanol–water partition coefficient (Wildman–Crippen LogP) is 2.66. The Balaban J connectivity index is 1.99. The highest BCUT2D eigenvalue weighted by Gasteiger charge is 2.28. The summed E-state index contributed by atoms with van der Waals surface area (Å²) in [5, 5.41) is 2.73. The summed E-state index contributed by atoms with van der Waals surface area (Å²) >= 11 is 0. The van der Waals surface area contributed by atoms with Gasteiger partial charge in [0.2, 0.25) is 15.9 Å². The number of methoxy groups -OCH3 is 1. The lowest BCUT2D eigenvalue weighted by Crippen LogP contribution is -2.48. The normalized spacial score (nSPS) is 12.2. The molecule has 0 spiro atoms. The van der Waals surface area contributed by atoms with Crippen LogP contribution in [-0.4, -0.2) is 46.9 Å². The van der Waals surface area contributed by atoms with E-state index in [4.69, 9.17) is 9.47 Å². The molecule has 0 unspecified atom stereocenters. The molecule has 1 atom stereocenters. The number of hydrogen-bond donors (Lipinski definition) is 1. The van der Waals surface area contributed by atoms with Crippen LogP contribution in [0.3, 0.4) is 0 Å². The second-order valence-corrected chi connectivity index (χ2v) is 8.76. The molecule has 2 aromatic carbocycles. The van der Waals surface area contributed by atoms with E-state index in [0.29, 0.717) is 11.4 Å². The summed E-state index contributed by atoms with van der Waals surface area (Å²) in [6.07, 6.45) is 1.07. The van der Waals surface area contributed by atoms with Crippen LogP contribution >= 0.6 is 0 Å². The first-order valence-corrected chi connectivity index (χ1v) is 11.1. The first-order chi connectivity index (χ1) is 13.6. The third-order valence-corrected chi connectivity index (χ3v) is 5.52. The molecule has 0 aliphatic carbocycles. The van der Waals surface area contributed by atoms with Gasteiger partial charge in [-0.3, -0.25) is 9.10 Å². The van der Waals surface area contributed by atoms with Gasteiger partial charge in [0.25, 0.3) is 0 Å². The number of sulfonamides is 1. The summed E-state index contributed by atoms with van der Waals surface area (Å²) < 4.78 is 36.5. The number of carbonyl (C=O) groups is 1. The van der Waals surface area contributed by atoms with Crippen molar-refractivity contribution in [1.29, 1.82) is 0 Å². The molecule has 0 heterocycles. The van der Waals surface area contributed by atoms with Crippen LogP contribution in [-0.2, 0) is 14.8 Å². The van der Waals surface area contributed by atoms with Gasteiger partial charge in [-0.25, -0.2) is 8.42 Å². The lowest BCUT2D eigenvalue weighted by Gasteiger charge is -2.28. The standard InChI is InChI=1S/C21H28N2O5S/c1-15-12-16(2)14-20(13-15)28-11-10-22-21(24)17(3)23(29(5,25)26)18-6-8-19(27-4)9-7-18/h6-9,12-14,17H,10-11H2,1-5H3,(H,22,24)/t17-/m0/s1. The Morgan fingerprint density at radius 3 is 2.17 bits per heavy atom. The zero-order valence-corrected chi connectivity index (χ0v) is 18.2. The van der Waals surface area contributed by atoms with Gasteiger partial charge in [-0.15, -0.1) is 0 Å². The molecule has 2 rings (SSSR count). The number of carbonyl (C=O) groups excluding carboxylic acids is 1. The average Bonchev–Trinajstić information content (AvgIpc) is 2.64. The van der Waals surface area contributed by atoms with E-state index < -0.39 is 22.0 Å². The molecule has 0 bridgehead atoms. The van der Waals surface area contributed by atoms with E-state index in [1.165, 1.54) is 7.11 Å². The van der Waals surface area contributed by atoms with Crippen LogP contribution in [0, 0.1) is 13.8 Å². The molecule has 2 aromatic rings. The van der Waals surface area contributed by atoms with Gasteiger partial charge in [-0.2, -0.15) is 0 Å². The molecule has 0 saturated carbocycles. The van der Waals surface area contributed by atoms with Crippen LogP contribution in [0.15, 0.2) is 42.5 Å². The van der Waals surface area contributed by atoms with Crippen molar-refractivity contribution in [2.75, 3.05) is 30.8 Å². The van der Waals surface area contributed by atoms with Crippen molar-refractivity contribution in [2.24, 2.45) is 0 Å². The van der Waals surface area contributed by atoms with E-state index in [1.54, 1.807) is 31.2 Å². The number of nitrogens with one attached hydrogen (secondary N) is 1. The van der Waals surface area contributed by atoms with E-state index in [9.17, 15) is 13.2 Å². The molecule has 0 aliphatic heterocycles. The monoisotopic (exact) mass is 420 g/mol. The molecule has 1 N–H and O–H groups in total. The minimum Gasteiger partial charge on any atom is -0.497 e. The number of benzene rings is 2. The van der Waals surface area contributed by atoms with Gasteiger partial charge in [0.05, 0.1) is 25.6 Å². The molecule has 158 valence electrons. The maximum Gasteiger partial charge on any atom is 0.243 e. The molecule has 8 heteroatoms. The number of aryl methyl sites for hydroxylation is 2.